The minimum atomic E-state index is -0.0633. The fraction of sp³-hybridized carbons (Fsp3) is 0.0833. The number of carbonyl (C=O) groups is 1. The van der Waals surface area contributed by atoms with Gasteiger partial charge in [-0.05, 0) is 45.6 Å². The number of thiophene rings is 1. The number of halogens is 2. The summed E-state index contributed by atoms with van der Waals surface area (Å²) in [6.45, 7) is 0.545. The minimum Gasteiger partial charge on any atom is -0.347 e. The highest BCUT2D eigenvalue weighted by atomic mass is 79.9. The second-order valence-electron chi connectivity index (χ2n) is 3.38. The predicted octanol–water partition coefficient (Wildman–Crippen LogP) is 4.20. The van der Waals surface area contributed by atoms with Gasteiger partial charge in [0.05, 0.1) is 6.54 Å². The Bertz CT molecular complexity index is 539. The van der Waals surface area contributed by atoms with Gasteiger partial charge in [0, 0.05) is 19.4 Å². The summed E-state index contributed by atoms with van der Waals surface area (Å²) < 4.78 is 1.94. The molecule has 1 amide bonds. The van der Waals surface area contributed by atoms with Crippen molar-refractivity contribution in [2.24, 2.45) is 0 Å². The lowest BCUT2D eigenvalue weighted by Crippen LogP contribution is -2.22. The zero-order valence-corrected chi connectivity index (χ0v) is 12.7. The van der Waals surface area contributed by atoms with Crippen LogP contribution >= 0.6 is 43.2 Å². The topological polar surface area (TPSA) is 29.1 Å². The van der Waals surface area contributed by atoms with Crippen LogP contribution in [0.2, 0.25) is 0 Å². The smallest absolute Gasteiger partial charge is 0.251 e. The molecule has 0 aliphatic rings. The maximum atomic E-state index is 11.9. The van der Waals surface area contributed by atoms with E-state index < -0.39 is 0 Å². The van der Waals surface area contributed by atoms with Crippen molar-refractivity contribution in [3.63, 3.8) is 0 Å². The van der Waals surface area contributed by atoms with Crippen molar-refractivity contribution in [1.29, 1.82) is 0 Å². The number of benzene rings is 1. The van der Waals surface area contributed by atoms with E-state index in [1.165, 1.54) is 0 Å². The Balaban J connectivity index is 2.01. The molecule has 0 saturated carbocycles. The van der Waals surface area contributed by atoms with Crippen molar-refractivity contribution >= 4 is 49.1 Å². The first kappa shape index (κ1) is 12.8. The van der Waals surface area contributed by atoms with Crippen LogP contribution in [0.4, 0.5) is 0 Å². The van der Waals surface area contributed by atoms with Crippen molar-refractivity contribution in [3.05, 3.63) is 55.1 Å². The fourth-order valence-corrected chi connectivity index (χ4v) is 3.18. The molecule has 0 saturated heterocycles. The molecule has 0 radical (unpaired) electrons. The lowest BCUT2D eigenvalue weighted by atomic mass is 10.2. The molecular formula is C12H9Br2NOS. The number of amides is 1. The first-order valence-electron chi connectivity index (χ1n) is 4.92. The van der Waals surface area contributed by atoms with Crippen molar-refractivity contribution < 1.29 is 4.79 Å². The van der Waals surface area contributed by atoms with E-state index in [1.807, 2.05) is 23.6 Å². The second kappa shape index (κ2) is 5.80. The standard InChI is InChI=1S/C12H9Br2NOS/c13-9-3-1-2-8(6-9)12(16)15-7-11-10(14)4-5-17-11/h1-6H,7H2,(H,15,16). The first-order chi connectivity index (χ1) is 8.16. The van der Waals surface area contributed by atoms with Crippen LogP contribution in [0.15, 0.2) is 44.7 Å². The van der Waals surface area contributed by atoms with Gasteiger partial charge in [0.2, 0.25) is 0 Å². The van der Waals surface area contributed by atoms with Gasteiger partial charge in [-0.25, -0.2) is 0 Å². The van der Waals surface area contributed by atoms with E-state index >= 15 is 0 Å². The molecule has 0 bridgehead atoms. The summed E-state index contributed by atoms with van der Waals surface area (Å²) in [5, 5.41) is 4.88. The Hall–Kier alpha value is -0.650. The molecule has 1 N–H and O–H groups in total. The molecule has 1 aromatic heterocycles. The molecule has 2 aromatic rings. The molecule has 0 aliphatic carbocycles. The van der Waals surface area contributed by atoms with Gasteiger partial charge in [-0.3, -0.25) is 4.79 Å². The maximum Gasteiger partial charge on any atom is 0.251 e. The molecule has 88 valence electrons. The Morgan fingerprint density at radius 1 is 1.29 bits per heavy atom. The van der Waals surface area contributed by atoms with Crippen LogP contribution < -0.4 is 5.32 Å². The number of rotatable bonds is 3. The quantitative estimate of drug-likeness (QED) is 0.856. The molecular weight excluding hydrogens is 366 g/mol. The van der Waals surface area contributed by atoms with E-state index in [2.05, 4.69) is 37.2 Å². The molecule has 0 unspecified atom stereocenters. The third-order valence-electron chi connectivity index (χ3n) is 2.19. The zero-order valence-electron chi connectivity index (χ0n) is 8.74. The van der Waals surface area contributed by atoms with E-state index in [9.17, 15) is 4.79 Å². The average Bonchev–Trinajstić information content (AvgIpc) is 2.72. The molecule has 5 heteroatoms. The molecule has 2 rings (SSSR count). The highest BCUT2D eigenvalue weighted by molar-refractivity contribution is 9.10. The van der Waals surface area contributed by atoms with Crippen molar-refractivity contribution in [2.75, 3.05) is 0 Å². The lowest BCUT2D eigenvalue weighted by molar-refractivity contribution is 0.0951. The normalized spacial score (nSPS) is 10.2. The summed E-state index contributed by atoms with van der Waals surface area (Å²) in [4.78, 5) is 13.0. The highest BCUT2D eigenvalue weighted by Crippen LogP contribution is 2.22. The van der Waals surface area contributed by atoms with Gasteiger partial charge < -0.3 is 5.32 Å². The number of carbonyl (C=O) groups excluding carboxylic acids is 1. The van der Waals surface area contributed by atoms with Gasteiger partial charge in [-0.2, -0.15) is 0 Å². The first-order valence-corrected chi connectivity index (χ1v) is 7.39. The third kappa shape index (κ3) is 3.40. The molecule has 2 nitrogen and oxygen atoms in total. The van der Waals surface area contributed by atoms with E-state index in [0.29, 0.717) is 12.1 Å². The highest BCUT2D eigenvalue weighted by Gasteiger charge is 2.07. The van der Waals surface area contributed by atoms with E-state index in [0.717, 1.165) is 13.8 Å². The molecule has 1 aromatic carbocycles. The Kier molecular flexibility index (Phi) is 4.36. The van der Waals surface area contributed by atoms with Crippen molar-refractivity contribution in [3.8, 4) is 0 Å². The average molecular weight is 375 g/mol. The number of hydrogen-bond donors (Lipinski definition) is 1. The predicted molar refractivity (Wildman–Crippen MR) is 77.3 cm³/mol. The maximum absolute atomic E-state index is 11.9. The minimum absolute atomic E-state index is 0.0633. The molecule has 17 heavy (non-hydrogen) atoms. The second-order valence-corrected chi connectivity index (χ2v) is 6.16. The van der Waals surface area contributed by atoms with Gasteiger partial charge in [-0.1, -0.05) is 22.0 Å². The van der Waals surface area contributed by atoms with Crippen LogP contribution in [0.3, 0.4) is 0 Å². The summed E-state index contributed by atoms with van der Waals surface area (Å²) >= 11 is 8.40. The summed E-state index contributed by atoms with van der Waals surface area (Å²) in [5.74, 6) is -0.0633. The van der Waals surface area contributed by atoms with Crippen LogP contribution in [0.25, 0.3) is 0 Å². The van der Waals surface area contributed by atoms with Crippen LogP contribution in [-0.2, 0) is 6.54 Å². The Morgan fingerprint density at radius 2 is 2.12 bits per heavy atom. The zero-order chi connectivity index (χ0) is 12.3. The molecule has 0 atom stereocenters. The molecule has 0 fully saturated rings. The van der Waals surface area contributed by atoms with Crippen LogP contribution in [-0.4, -0.2) is 5.91 Å². The van der Waals surface area contributed by atoms with E-state index in [4.69, 9.17) is 0 Å². The van der Waals surface area contributed by atoms with E-state index in [1.54, 1.807) is 23.5 Å². The summed E-state index contributed by atoms with van der Waals surface area (Å²) in [6, 6.07) is 9.32. The van der Waals surface area contributed by atoms with Crippen molar-refractivity contribution in [2.45, 2.75) is 6.54 Å². The Labute approximate surface area is 120 Å². The van der Waals surface area contributed by atoms with Crippen LogP contribution in [0.5, 0.6) is 0 Å². The van der Waals surface area contributed by atoms with Crippen molar-refractivity contribution in [1.82, 2.24) is 5.32 Å². The van der Waals surface area contributed by atoms with Crippen LogP contribution in [0, 0.1) is 0 Å². The lowest BCUT2D eigenvalue weighted by Gasteiger charge is -2.04. The van der Waals surface area contributed by atoms with E-state index in [-0.39, 0.29) is 5.91 Å². The number of hydrogen-bond acceptors (Lipinski definition) is 2. The molecule has 0 spiro atoms. The van der Waals surface area contributed by atoms with Gasteiger partial charge in [-0.15, -0.1) is 11.3 Å². The SMILES string of the molecule is O=C(NCc1sccc1Br)c1cccc(Br)c1. The third-order valence-corrected chi connectivity index (χ3v) is 4.61. The molecule has 0 aliphatic heterocycles. The van der Waals surface area contributed by atoms with Crippen LogP contribution in [0.1, 0.15) is 15.2 Å². The monoisotopic (exact) mass is 373 g/mol. The van der Waals surface area contributed by atoms with Gasteiger partial charge in [0.15, 0.2) is 0 Å². The summed E-state index contributed by atoms with van der Waals surface area (Å²) in [6.07, 6.45) is 0. The Morgan fingerprint density at radius 3 is 2.76 bits per heavy atom. The number of nitrogens with one attached hydrogen (secondary N) is 1. The fourth-order valence-electron chi connectivity index (χ4n) is 1.34. The molecule has 1 heterocycles. The van der Waals surface area contributed by atoms with Gasteiger partial charge in [0.1, 0.15) is 0 Å². The summed E-state index contributed by atoms with van der Waals surface area (Å²) in [7, 11) is 0. The van der Waals surface area contributed by atoms with Gasteiger partial charge >= 0.3 is 0 Å². The van der Waals surface area contributed by atoms with Gasteiger partial charge in [0.25, 0.3) is 5.91 Å². The summed E-state index contributed by atoms with van der Waals surface area (Å²) in [5.41, 5.74) is 0.659. The largest absolute Gasteiger partial charge is 0.347 e.